The molecule has 100 valence electrons. The third-order valence-corrected chi connectivity index (χ3v) is 3.27. The fourth-order valence-corrected chi connectivity index (χ4v) is 1.62. The highest BCUT2D eigenvalue weighted by Gasteiger charge is 2.14. The Balaban J connectivity index is 2.91. The zero-order valence-corrected chi connectivity index (χ0v) is 11.3. The quantitative estimate of drug-likeness (QED) is 0.817. The summed E-state index contributed by atoms with van der Waals surface area (Å²) in [7, 11) is 1.31. The van der Waals surface area contributed by atoms with Gasteiger partial charge in [-0.3, -0.25) is 0 Å². The minimum Gasteiger partial charge on any atom is -0.465 e. The Morgan fingerprint density at radius 2 is 2.11 bits per heavy atom. The summed E-state index contributed by atoms with van der Waals surface area (Å²) in [5.41, 5.74) is 0.684. The van der Waals surface area contributed by atoms with E-state index >= 15 is 0 Å². The first kappa shape index (κ1) is 14.5. The number of carbonyl (C=O) groups excluding carboxylic acids is 1. The van der Waals surface area contributed by atoms with Crippen molar-refractivity contribution in [2.75, 3.05) is 12.4 Å². The van der Waals surface area contributed by atoms with Crippen LogP contribution in [-0.4, -0.2) is 19.1 Å². The van der Waals surface area contributed by atoms with Crippen molar-refractivity contribution in [3.8, 4) is 0 Å². The maximum Gasteiger partial charge on any atom is 0.337 e. The molecule has 0 saturated carbocycles. The molecule has 2 unspecified atom stereocenters. The van der Waals surface area contributed by atoms with Gasteiger partial charge in [-0.15, -0.1) is 0 Å². The third-order valence-electron chi connectivity index (χ3n) is 3.27. The fourth-order valence-electron chi connectivity index (χ4n) is 1.62. The van der Waals surface area contributed by atoms with E-state index in [1.165, 1.54) is 25.3 Å². The predicted molar refractivity (Wildman–Crippen MR) is 70.3 cm³/mol. The Kier molecular flexibility index (Phi) is 5.13. The number of esters is 1. The first-order chi connectivity index (χ1) is 8.49. The van der Waals surface area contributed by atoms with Gasteiger partial charge >= 0.3 is 5.97 Å². The topological polar surface area (TPSA) is 38.3 Å². The second-order valence-corrected chi connectivity index (χ2v) is 4.50. The summed E-state index contributed by atoms with van der Waals surface area (Å²) in [6, 6.07) is 4.32. The Morgan fingerprint density at radius 3 is 2.67 bits per heavy atom. The van der Waals surface area contributed by atoms with Gasteiger partial charge in [0.25, 0.3) is 0 Å². The first-order valence-electron chi connectivity index (χ1n) is 6.14. The molecule has 2 atom stereocenters. The second-order valence-electron chi connectivity index (χ2n) is 4.50. The molecule has 0 amide bonds. The molecule has 1 aromatic carbocycles. The Labute approximate surface area is 107 Å². The number of carbonyl (C=O) groups is 1. The summed E-state index contributed by atoms with van der Waals surface area (Å²) < 4.78 is 18.3. The largest absolute Gasteiger partial charge is 0.465 e. The lowest BCUT2D eigenvalue weighted by Gasteiger charge is -2.21. The van der Waals surface area contributed by atoms with Crippen LogP contribution < -0.4 is 5.32 Å². The molecule has 1 rings (SSSR count). The number of rotatable bonds is 5. The summed E-state index contributed by atoms with van der Waals surface area (Å²) in [6.45, 7) is 6.18. The van der Waals surface area contributed by atoms with E-state index in [2.05, 4.69) is 23.9 Å². The lowest BCUT2D eigenvalue weighted by molar-refractivity contribution is 0.0600. The SMILES string of the molecule is CCC(C)C(C)Nc1cc(C(=O)OC)ccc1F. The Bertz CT molecular complexity index is 420. The molecule has 0 spiro atoms. The molecule has 1 N–H and O–H groups in total. The molecule has 0 saturated heterocycles. The van der Waals surface area contributed by atoms with Crippen LogP contribution in [0.2, 0.25) is 0 Å². The molecule has 0 aromatic heterocycles. The van der Waals surface area contributed by atoms with Gasteiger partial charge in [-0.05, 0) is 31.0 Å². The van der Waals surface area contributed by atoms with Gasteiger partial charge in [0.05, 0.1) is 18.4 Å². The molecule has 0 aliphatic carbocycles. The van der Waals surface area contributed by atoms with E-state index in [-0.39, 0.29) is 11.9 Å². The molecule has 0 bridgehead atoms. The summed E-state index contributed by atoms with van der Waals surface area (Å²) >= 11 is 0. The molecule has 4 heteroatoms. The molecule has 0 radical (unpaired) electrons. The van der Waals surface area contributed by atoms with Gasteiger partial charge in [-0.25, -0.2) is 9.18 Å². The predicted octanol–water partition coefficient (Wildman–Crippen LogP) is 3.46. The van der Waals surface area contributed by atoms with Crippen LogP contribution >= 0.6 is 0 Å². The van der Waals surface area contributed by atoms with E-state index in [0.717, 1.165) is 6.42 Å². The molecule has 0 heterocycles. The molecule has 3 nitrogen and oxygen atoms in total. The van der Waals surface area contributed by atoms with Crippen LogP contribution in [0.3, 0.4) is 0 Å². The number of anilines is 1. The Morgan fingerprint density at radius 1 is 1.44 bits per heavy atom. The normalized spacial score (nSPS) is 13.8. The molecule has 1 aromatic rings. The lowest BCUT2D eigenvalue weighted by atomic mass is 10.0. The van der Waals surface area contributed by atoms with Crippen molar-refractivity contribution in [1.29, 1.82) is 0 Å². The summed E-state index contributed by atoms with van der Waals surface area (Å²) in [4.78, 5) is 11.4. The number of nitrogens with one attached hydrogen (secondary N) is 1. The highest BCUT2D eigenvalue weighted by atomic mass is 19.1. The van der Waals surface area contributed by atoms with Crippen molar-refractivity contribution in [3.05, 3.63) is 29.6 Å². The van der Waals surface area contributed by atoms with Crippen LogP contribution in [0.25, 0.3) is 0 Å². The number of benzene rings is 1. The number of halogens is 1. The minimum absolute atomic E-state index is 0.136. The van der Waals surface area contributed by atoms with Gasteiger partial charge in [0.2, 0.25) is 0 Å². The second kappa shape index (κ2) is 6.38. The van der Waals surface area contributed by atoms with Crippen molar-refractivity contribution < 1.29 is 13.9 Å². The van der Waals surface area contributed by atoms with E-state index in [1.807, 2.05) is 6.92 Å². The fraction of sp³-hybridized carbons (Fsp3) is 0.500. The first-order valence-corrected chi connectivity index (χ1v) is 6.14. The molecular formula is C14H20FNO2. The standard InChI is InChI=1S/C14H20FNO2/c1-5-9(2)10(3)16-13-8-11(14(17)18-4)6-7-12(13)15/h6-10,16H,5H2,1-4H3. The van der Waals surface area contributed by atoms with Crippen LogP contribution in [0.5, 0.6) is 0 Å². The third kappa shape index (κ3) is 3.45. The van der Waals surface area contributed by atoms with Crippen LogP contribution in [0, 0.1) is 11.7 Å². The summed E-state index contributed by atoms with van der Waals surface area (Å²) in [6.07, 6.45) is 1.01. The molecule has 0 aliphatic rings. The highest BCUT2D eigenvalue weighted by molar-refractivity contribution is 5.90. The zero-order valence-electron chi connectivity index (χ0n) is 11.3. The monoisotopic (exact) mass is 253 g/mol. The van der Waals surface area contributed by atoms with Gasteiger partial charge in [0, 0.05) is 6.04 Å². The van der Waals surface area contributed by atoms with Gasteiger partial charge in [-0.1, -0.05) is 20.3 Å². The average molecular weight is 253 g/mol. The van der Waals surface area contributed by atoms with Gasteiger partial charge in [-0.2, -0.15) is 0 Å². The van der Waals surface area contributed by atoms with Crippen LogP contribution in [0.4, 0.5) is 10.1 Å². The smallest absolute Gasteiger partial charge is 0.337 e. The van der Waals surface area contributed by atoms with Crippen molar-refractivity contribution in [2.24, 2.45) is 5.92 Å². The molecule has 0 fully saturated rings. The summed E-state index contributed by atoms with van der Waals surface area (Å²) in [5.74, 6) is -0.404. The maximum atomic E-state index is 13.7. The average Bonchev–Trinajstić information content (AvgIpc) is 2.39. The van der Waals surface area contributed by atoms with Crippen LogP contribution in [0.1, 0.15) is 37.6 Å². The minimum atomic E-state index is -0.464. The van der Waals surface area contributed by atoms with Crippen LogP contribution in [0.15, 0.2) is 18.2 Å². The van der Waals surface area contributed by atoms with Crippen molar-refractivity contribution in [2.45, 2.75) is 33.2 Å². The van der Waals surface area contributed by atoms with E-state index in [4.69, 9.17) is 0 Å². The molecule has 18 heavy (non-hydrogen) atoms. The highest BCUT2D eigenvalue weighted by Crippen LogP contribution is 2.20. The van der Waals surface area contributed by atoms with E-state index < -0.39 is 5.97 Å². The van der Waals surface area contributed by atoms with Gasteiger partial charge in [0.1, 0.15) is 5.82 Å². The van der Waals surface area contributed by atoms with E-state index in [9.17, 15) is 9.18 Å². The lowest BCUT2D eigenvalue weighted by Crippen LogP contribution is -2.24. The van der Waals surface area contributed by atoms with Crippen molar-refractivity contribution in [3.63, 3.8) is 0 Å². The maximum absolute atomic E-state index is 13.7. The number of ether oxygens (including phenoxy) is 1. The number of hydrogen-bond acceptors (Lipinski definition) is 3. The van der Waals surface area contributed by atoms with Gasteiger partial charge in [0.15, 0.2) is 0 Å². The van der Waals surface area contributed by atoms with Crippen molar-refractivity contribution >= 4 is 11.7 Å². The molecular weight excluding hydrogens is 233 g/mol. The van der Waals surface area contributed by atoms with Crippen molar-refractivity contribution in [1.82, 2.24) is 0 Å². The van der Waals surface area contributed by atoms with E-state index in [0.29, 0.717) is 17.2 Å². The Hall–Kier alpha value is -1.58. The number of hydrogen-bond donors (Lipinski definition) is 1. The zero-order chi connectivity index (χ0) is 13.7. The number of methoxy groups -OCH3 is 1. The molecule has 0 aliphatic heterocycles. The van der Waals surface area contributed by atoms with E-state index in [1.54, 1.807) is 0 Å². The van der Waals surface area contributed by atoms with Gasteiger partial charge < -0.3 is 10.1 Å². The summed E-state index contributed by atoms with van der Waals surface area (Å²) in [5, 5.41) is 3.10. The van der Waals surface area contributed by atoms with Crippen LogP contribution in [-0.2, 0) is 4.74 Å².